The lowest BCUT2D eigenvalue weighted by atomic mass is 10.1. The fourth-order valence-electron chi connectivity index (χ4n) is 2.07. The van der Waals surface area contributed by atoms with Crippen molar-refractivity contribution in [2.75, 3.05) is 13.2 Å². The zero-order chi connectivity index (χ0) is 18.7. The molecule has 0 spiro atoms. The molecule has 0 saturated heterocycles. The van der Waals surface area contributed by atoms with Crippen molar-refractivity contribution in [1.82, 2.24) is 5.32 Å². The van der Waals surface area contributed by atoms with Gasteiger partial charge in [0.25, 0.3) is 0 Å². The SMILES string of the molecule is CCCCOc1ccc(CC/C(=C\Cl)CNC(=O)OC(C)(C)C)cc1. The monoisotopic (exact) mass is 367 g/mol. The van der Waals surface area contributed by atoms with Crippen molar-refractivity contribution in [2.45, 2.75) is 59.0 Å². The predicted molar refractivity (Wildman–Crippen MR) is 103 cm³/mol. The number of hydrogen-bond donors (Lipinski definition) is 1. The topological polar surface area (TPSA) is 47.6 Å². The molecule has 1 amide bonds. The first-order valence-corrected chi connectivity index (χ1v) is 9.24. The van der Waals surface area contributed by atoms with Crippen molar-refractivity contribution in [1.29, 1.82) is 0 Å². The predicted octanol–water partition coefficient (Wildman–Crippen LogP) is 5.45. The van der Waals surface area contributed by atoms with E-state index in [0.29, 0.717) is 6.54 Å². The van der Waals surface area contributed by atoms with E-state index in [0.717, 1.165) is 43.6 Å². The third-order valence-electron chi connectivity index (χ3n) is 3.44. The Morgan fingerprint density at radius 3 is 2.48 bits per heavy atom. The number of amides is 1. The zero-order valence-corrected chi connectivity index (χ0v) is 16.5. The first-order chi connectivity index (χ1) is 11.8. The van der Waals surface area contributed by atoms with E-state index in [1.165, 1.54) is 11.1 Å². The van der Waals surface area contributed by atoms with Gasteiger partial charge in [-0.1, -0.05) is 37.1 Å². The molecule has 0 unspecified atom stereocenters. The summed E-state index contributed by atoms with van der Waals surface area (Å²) in [5.41, 5.74) is 3.18. The maximum absolute atomic E-state index is 11.7. The molecule has 0 aliphatic rings. The van der Waals surface area contributed by atoms with Crippen molar-refractivity contribution >= 4 is 17.7 Å². The Kier molecular flexibility index (Phi) is 9.43. The minimum absolute atomic E-state index is 0.386. The summed E-state index contributed by atoms with van der Waals surface area (Å²) in [5, 5.41) is 2.73. The van der Waals surface area contributed by atoms with Gasteiger partial charge in [-0.25, -0.2) is 4.79 Å². The quantitative estimate of drug-likeness (QED) is 0.590. The third kappa shape index (κ3) is 10.0. The van der Waals surface area contributed by atoms with E-state index in [-0.39, 0.29) is 0 Å². The minimum atomic E-state index is -0.504. The van der Waals surface area contributed by atoms with Crippen molar-refractivity contribution in [3.05, 3.63) is 40.9 Å². The number of benzene rings is 1. The standard InChI is InChI=1S/C20H30ClNO3/c1-5-6-13-24-18-11-9-16(10-12-18)7-8-17(14-21)15-22-19(23)25-20(2,3)4/h9-12,14H,5-8,13,15H2,1-4H3,(H,22,23)/b17-14+. The van der Waals surface area contributed by atoms with Crippen molar-refractivity contribution in [3.63, 3.8) is 0 Å². The van der Waals surface area contributed by atoms with Crippen molar-refractivity contribution in [3.8, 4) is 5.75 Å². The first kappa shape index (κ1) is 21.4. The highest BCUT2D eigenvalue weighted by Gasteiger charge is 2.15. The summed E-state index contributed by atoms with van der Waals surface area (Å²) < 4.78 is 10.9. The molecule has 1 aromatic rings. The highest BCUT2D eigenvalue weighted by Crippen LogP contribution is 2.16. The summed E-state index contributed by atoms with van der Waals surface area (Å²) in [7, 11) is 0. The summed E-state index contributed by atoms with van der Waals surface area (Å²) >= 11 is 5.87. The van der Waals surface area contributed by atoms with E-state index in [1.54, 1.807) is 0 Å². The molecule has 0 aliphatic heterocycles. The molecule has 0 aromatic heterocycles. The van der Waals surface area contributed by atoms with Crippen LogP contribution in [0.5, 0.6) is 5.75 Å². The number of unbranched alkanes of at least 4 members (excludes halogenated alkanes) is 1. The lowest BCUT2D eigenvalue weighted by molar-refractivity contribution is 0.0532. The minimum Gasteiger partial charge on any atom is -0.494 e. The van der Waals surface area contributed by atoms with E-state index in [4.69, 9.17) is 21.1 Å². The number of carbonyl (C=O) groups excluding carboxylic acids is 1. The fourth-order valence-corrected chi connectivity index (χ4v) is 2.26. The second-order valence-electron chi connectivity index (χ2n) is 6.97. The fraction of sp³-hybridized carbons (Fsp3) is 0.550. The molecule has 0 radical (unpaired) electrons. The van der Waals surface area contributed by atoms with Crippen LogP contribution in [-0.2, 0) is 11.2 Å². The Morgan fingerprint density at radius 2 is 1.92 bits per heavy atom. The second kappa shape index (κ2) is 11.0. The van der Waals surface area contributed by atoms with Gasteiger partial charge >= 0.3 is 6.09 Å². The number of aryl methyl sites for hydroxylation is 1. The van der Waals surface area contributed by atoms with Crippen LogP contribution in [0.25, 0.3) is 0 Å². The van der Waals surface area contributed by atoms with Crippen LogP contribution < -0.4 is 10.1 Å². The molecular weight excluding hydrogens is 338 g/mol. The van der Waals surface area contributed by atoms with Gasteiger partial charge in [-0.05, 0) is 63.3 Å². The van der Waals surface area contributed by atoms with Crippen LogP contribution in [0.1, 0.15) is 52.5 Å². The Labute approximate surface area is 156 Å². The van der Waals surface area contributed by atoms with E-state index in [1.807, 2.05) is 32.9 Å². The van der Waals surface area contributed by atoms with Gasteiger partial charge in [-0.2, -0.15) is 0 Å². The largest absolute Gasteiger partial charge is 0.494 e. The molecule has 25 heavy (non-hydrogen) atoms. The van der Waals surface area contributed by atoms with Gasteiger partial charge in [-0.3, -0.25) is 0 Å². The molecule has 1 rings (SSSR count). The summed E-state index contributed by atoms with van der Waals surface area (Å²) in [4.78, 5) is 11.7. The summed E-state index contributed by atoms with van der Waals surface area (Å²) in [6.45, 7) is 8.79. The maximum Gasteiger partial charge on any atom is 0.407 e. The molecule has 1 N–H and O–H groups in total. The van der Waals surface area contributed by atoms with Gasteiger partial charge in [0.1, 0.15) is 11.4 Å². The van der Waals surface area contributed by atoms with Crippen LogP contribution in [0.2, 0.25) is 0 Å². The number of alkyl carbamates (subject to hydrolysis) is 1. The second-order valence-corrected chi connectivity index (χ2v) is 7.19. The highest BCUT2D eigenvalue weighted by atomic mass is 35.5. The Balaban J connectivity index is 2.38. The molecule has 1 aromatic carbocycles. The number of nitrogens with one attached hydrogen (secondary N) is 1. The Morgan fingerprint density at radius 1 is 1.24 bits per heavy atom. The molecule has 0 bridgehead atoms. The smallest absolute Gasteiger partial charge is 0.407 e. The molecule has 0 heterocycles. The normalized spacial score (nSPS) is 12.0. The average Bonchev–Trinajstić information content (AvgIpc) is 2.55. The highest BCUT2D eigenvalue weighted by molar-refractivity contribution is 6.25. The van der Waals surface area contributed by atoms with Crippen LogP contribution in [0.15, 0.2) is 35.4 Å². The molecule has 0 aliphatic carbocycles. The van der Waals surface area contributed by atoms with Gasteiger partial charge in [-0.15, -0.1) is 0 Å². The third-order valence-corrected chi connectivity index (χ3v) is 3.75. The summed E-state index contributed by atoms with van der Waals surface area (Å²) in [6, 6.07) is 8.12. The van der Waals surface area contributed by atoms with Crippen LogP contribution in [0.4, 0.5) is 4.79 Å². The Bertz CT molecular complexity index is 547. The molecule has 0 saturated carbocycles. The van der Waals surface area contributed by atoms with E-state index >= 15 is 0 Å². The number of rotatable bonds is 9. The van der Waals surface area contributed by atoms with Crippen LogP contribution in [0, 0.1) is 0 Å². The lowest BCUT2D eigenvalue weighted by Gasteiger charge is -2.20. The maximum atomic E-state index is 11.7. The molecule has 0 fully saturated rings. The van der Waals surface area contributed by atoms with Gasteiger partial charge < -0.3 is 14.8 Å². The van der Waals surface area contributed by atoms with Gasteiger partial charge in [0.15, 0.2) is 0 Å². The van der Waals surface area contributed by atoms with Gasteiger partial charge in [0.2, 0.25) is 0 Å². The number of carbonyl (C=O) groups is 1. The molecular formula is C20H30ClNO3. The molecule has 140 valence electrons. The van der Waals surface area contributed by atoms with Crippen molar-refractivity contribution in [2.24, 2.45) is 0 Å². The summed E-state index contributed by atoms with van der Waals surface area (Å²) in [6.07, 6.45) is 3.38. The number of ether oxygens (including phenoxy) is 2. The van der Waals surface area contributed by atoms with Gasteiger partial charge in [0.05, 0.1) is 6.61 Å². The first-order valence-electron chi connectivity index (χ1n) is 8.80. The molecule has 4 nitrogen and oxygen atoms in total. The number of hydrogen-bond acceptors (Lipinski definition) is 3. The molecule has 0 atom stereocenters. The summed E-state index contributed by atoms with van der Waals surface area (Å²) in [5.74, 6) is 0.900. The average molecular weight is 368 g/mol. The van der Waals surface area contributed by atoms with Crippen LogP contribution in [-0.4, -0.2) is 24.8 Å². The van der Waals surface area contributed by atoms with E-state index in [9.17, 15) is 4.79 Å². The zero-order valence-electron chi connectivity index (χ0n) is 15.7. The van der Waals surface area contributed by atoms with E-state index in [2.05, 4.69) is 24.4 Å². The van der Waals surface area contributed by atoms with Crippen LogP contribution >= 0.6 is 11.6 Å². The van der Waals surface area contributed by atoms with Crippen LogP contribution in [0.3, 0.4) is 0 Å². The molecule has 5 heteroatoms. The van der Waals surface area contributed by atoms with Gasteiger partial charge in [0, 0.05) is 12.1 Å². The lowest BCUT2D eigenvalue weighted by Crippen LogP contribution is -2.33. The Hall–Kier alpha value is -1.68. The van der Waals surface area contributed by atoms with Crippen molar-refractivity contribution < 1.29 is 14.3 Å². The number of halogens is 1. The van der Waals surface area contributed by atoms with E-state index < -0.39 is 11.7 Å².